The molecular weight excluding hydrogens is 409 g/mol. The molecule has 29 heavy (non-hydrogen) atoms. The molecule has 0 spiro atoms. The van der Waals surface area contributed by atoms with E-state index >= 15 is 0 Å². The first-order chi connectivity index (χ1) is 14.1. The summed E-state index contributed by atoms with van der Waals surface area (Å²) in [5.41, 5.74) is 2.43. The summed E-state index contributed by atoms with van der Waals surface area (Å²) >= 11 is 12.3. The number of nitrogens with zero attached hydrogens (tertiary/aromatic N) is 1. The Morgan fingerprint density at radius 3 is 2.48 bits per heavy atom. The SMILES string of the molecule is O=C1OC(c2ccccc2Cl)=N/C1=C\c1cccc(OCc2ccccc2Cl)c1. The van der Waals surface area contributed by atoms with Crippen LogP contribution in [0.3, 0.4) is 0 Å². The Balaban J connectivity index is 1.54. The second-order valence-corrected chi connectivity index (χ2v) is 7.08. The topological polar surface area (TPSA) is 47.9 Å². The first-order valence-electron chi connectivity index (χ1n) is 8.84. The molecule has 1 aliphatic rings. The number of cyclic esters (lactones) is 1. The molecule has 0 fully saturated rings. The van der Waals surface area contributed by atoms with Crippen molar-refractivity contribution in [3.05, 3.63) is 105 Å². The second-order valence-electron chi connectivity index (χ2n) is 6.27. The summed E-state index contributed by atoms with van der Waals surface area (Å²) < 4.78 is 11.1. The van der Waals surface area contributed by atoms with Crippen molar-refractivity contribution in [1.29, 1.82) is 0 Å². The van der Waals surface area contributed by atoms with E-state index < -0.39 is 5.97 Å². The maximum atomic E-state index is 12.2. The van der Waals surface area contributed by atoms with Gasteiger partial charge in [0.05, 0.1) is 10.6 Å². The third kappa shape index (κ3) is 4.50. The minimum Gasteiger partial charge on any atom is -0.489 e. The van der Waals surface area contributed by atoms with E-state index in [1.165, 1.54) is 0 Å². The van der Waals surface area contributed by atoms with E-state index in [1.807, 2.05) is 48.5 Å². The predicted molar refractivity (Wildman–Crippen MR) is 114 cm³/mol. The average molecular weight is 424 g/mol. The van der Waals surface area contributed by atoms with E-state index in [-0.39, 0.29) is 11.6 Å². The highest BCUT2D eigenvalue weighted by Gasteiger charge is 2.25. The summed E-state index contributed by atoms with van der Waals surface area (Å²) in [4.78, 5) is 16.5. The summed E-state index contributed by atoms with van der Waals surface area (Å²) in [5, 5.41) is 1.12. The number of halogens is 2. The highest BCUT2D eigenvalue weighted by molar-refractivity contribution is 6.34. The fourth-order valence-corrected chi connectivity index (χ4v) is 3.19. The molecule has 4 rings (SSSR count). The van der Waals surface area contributed by atoms with Gasteiger partial charge in [-0.05, 0) is 42.0 Å². The van der Waals surface area contributed by atoms with Gasteiger partial charge in [0, 0.05) is 10.6 Å². The zero-order valence-corrected chi connectivity index (χ0v) is 16.7. The molecule has 1 heterocycles. The van der Waals surface area contributed by atoms with Crippen LogP contribution >= 0.6 is 23.2 Å². The summed E-state index contributed by atoms with van der Waals surface area (Å²) in [7, 11) is 0. The molecular formula is C23H15Cl2NO3. The molecule has 0 aromatic heterocycles. The molecule has 0 aliphatic carbocycles. The first kappa shape index (κ1) is 19.2. The summed E-state index contributed by atoms with van der Waals surface area (Å²) in [6.07, 6.45) is 1.65. The summed E-state index contributed by atoms with van der Waals surface area (Å²) in [5.74, 6) is 0.321. The average Bonchev–Trinajstić information content (AvgIpc) is 3.08. The molecule has 0 unspecified atom stereocenters. The molecule has 0 amide bonds. The maximum Gasteiger partial charge on any atom is 0.363 e. The number of carbonyl (C=O) groups is 1. The van der Waals surface area contributed by atoms with Gasteiger partial charge in [0.15, 0.2) is 5.70 Å². The molecule has 0 bridgehead atoms. The lowest BCUT2D eigenvalue weighted by molar-refractivity contribution is -0.129. The molecule has 0 radical (unpaired) electrons. The fourth-order valence-electron chi connectivity index (χ4n) is 2.79. The molecule has 3 aromatic carbocycles. The van der Waals surface area contributed by atoms with Crippen molar-refractivity contribution in [3.63, 3.8) is 0 Å². The van der Waals surface area contributed by atoms with Crippen LogP contribution in [-0.2, 0) is 16.1 Å². The number of hydrogen-bond acceptors (Lipinski definition) is 4. The van der Waals surface area contributed by atoms with E-state index in [0.717, 1.165) is 11.1 Å². The van der Waals surface area contributed by atoms with E-state index in [9.17, 15) is 4.79 Å². The largest absolute Gasteiger partial charge is 0.489 e. The lowest BCUT2D eigenvalue weighted by atomic mass is 10.2. The van der Waals surface area contributed by atoms with Crippen molar-refractivity contribution in [2.24, 2.45) is 4.99 Å². The van der Waals surface area contributed by atoms with Crippen molar-refractivity contribution >= 4 is 41.1 Å². The highest BCUT2D eigenvalue weighted by atomic mass is 35.5. The lowest BCUT2D eigenvalue weighted by Crippen LogP contribution is -2.05. The van der Waals surface area contributed by atoms with Crippen LogP contribution in [0.25, 0.3) is 6.08 Å². The van der Waals surface area contributed by atoms with Crippen LogP contribution in [0.5, 0.6) is 5.75 Å². The van der Waals surface area contributed by atoms with Crippen molar-refractivity contribution in [3.8, 4) is 5.75 Å². The Morgan fingerprint density at radius 1 is 0.931 bits per heavy atom. The van der Waals surface area contributed by atoms with E-state index in [4.69, 9.17) is 32.7 Å². The Hall–Kier alpha value is -3.08. The molecule has 6 heteroatoms. The zero-order chi connectivity index (χ0) is 20.2. The van der Waals surface area contributed by atoms with Crippen LogP contribution < -0.4 is 4.74 Å². The van der Waals surface area contributed by atoms with E-state index in [2.05, 4.69) is 4.99 Å². The van der Waals surface area contributed by atoms with Gasteiger partial charge in [0.25, 0.3) is 0 Å². The molecule has 144 valence electrons. The van der Waals surface area contributed by atoms with Gasteiger partial charge in [-0.1, -0.05) is 65.7 Å². The summed E-state index contributed by atoms with van der Waals surface area (Å²) in [6.45, 7) is 0.344. The minimum atomic E-state index is -0.526. The Labute approximate surface area is 178 Å². The van der Waals surface area contributed by atoms with Gasteiger partial charge in [-0.2, -0.15) is 0 Å². The molecule has 4 nitrogen and oxygen atoms in total. The van der Waals surface area contributed by atoms with E-state index in [0.29, 0.717) is 28.0 Å². The lowest BCUT2D eigenvalue weighted by Gasteiger charge is -2.08. The number of rotatable bonds is 5. The zero-order valence-electron chi connectivity index (χ0n) is 15.1. The smallest absolute Gasteiger partial charge is 0.363 e. The quantitative estimate of drug-likeness (QED) is 0.378. The van der Waals surface area contributed by atoms with Crippen molar-refractivity contribution < 1.29 is 14.3 Å². The number of hydrogen-bond donors (Lipinski definition) is 0. The molecule has 3 aromatic rings. The standard InChI is InChI=1S/C23H15Cl2NO3/c24-19-10-3-1-7-16(19)14-28-17-8-5-6-15(12-17)13-21-23(27)29-22(26-21)18-9-2-4-11-20(18)25/h1-13H,14H2/b21-13-. The van der Waals surface area contributed by atoms with Crippen LogP contribution in [0.4, 0.5) is 0 Å². The number of ether oxygens (including phenoxy) is 2. The molecule has 0 atom stereocenters. The van der Waals surface area contributed by atoms with Crippen molar-refractivity contribution in [2.45, 2.75) is 6.61 Å². The van der Waals surface area contributed by atoms with Gasteiger partial charge in [0.2, 0.25) is 5.90 Å². The van der Waals surface area contributed by atoms with Gasteiger partial charge in [0.1, 0.15) is 12.4 Å². The molecule has 1 aliphatic heterocycles. The summed E-state index contributed by atoms with van der Waals surface area (Å²) in [6, 6.07) is 21.9. The van der Waals surface area contributed by atoms with Crippen molar-refractivity contribution in [2.75, 3.05) is 0 Å². The fraction of sp³-hybridized carbons (Fsp3) is 0.0435. The minimum absolute atomic E-state index is 0.193. The number of carbonyl (C=O) groups excluding carboxylic acids is 1. The van der Waals surface area contributed by atoms with Crippen LogP contribution in [0, 0.1) is 0 Å². The maximum absolute atomic E-state index is 12.2. The van der Waals surface area contributed by atoms with Gasteiger partial charge >= 0.3 is 5.97 Å². The van der Waals surface area contributed by atoms with Crippen LogP contribution in [0.2, 0.25) is 10.0 Å². The Bertz CT molecular complexity index is 1140. The molecule has 0 saturated carbocycles. The third-order valence-electron chi connectivity index (χ3n) is 4.24. The molecule has 0 N–H and O–H groups in total. The number of aliphatic imine (C=N–C) groups is 1. The predicted octanol–water partition coefficient (Wildman–Crippen LogP) is 5.92. The van der Waals surface area contributed by atoms with Crippen LogP contribution in [0.1, 0.15) is 16.7 Å². The van der Waals surface area contributed by atoms with Crippen molar-refractivity contribution in [1.82, 2.24) is 0 Å². The van der Waals surface area contributed by atoms with Gasteiger partial charge < -0.3 is 9.47 Å². The Kier molecular flexibility index (Phi) is 5.65. The Morgan fingerprint density at radius 2 is 1.69 bits per heavy atom. The monoisotopic (exact) mass is 423 g/mol. The van der Waals surface area contributed by atoms with Crippen LogP contribution in [0.15, 0.2) is 83.5 Å². The number of esters is 1. The normalized spacial score (nSPS) is 14.6. The third-order valence-corrected chi connectivity index (χ3v) is 4.94. The van der Waals surface area contributed by atoms with Gasteiger partial charge in [-0.3, -0.25) is 0 Å². The van der Waals surface area contributed by atoms with Gasteiger partial charge in [-0.15, -0.1) is 0 Å². The van der Waals surface area contributed by atoms with Gasteiger partial charge in [-0.25, -0.2) is 9.79 Å². The van der Waals surface area contributed by atoms with Crippen LogP contribution in [-0.4, -0.2) is 11.9 Å². The highest BCUT2D eigenvalue weighted by Crippen LogP contribution is 2.25. The van der Waals surface area contributed by atoms with E-state index in [1.54, 1.807) is 30.3 Å². The number of benzene rings is 3. The second kappa shape index (κ2) is 8.52. The first-order valence-corrected chi connectivity index (χ1v) is 9.59. The molecule has 0 saturated heterocycles.